The minimum atomic E-state index is -0.424. The van der Waals surface area contributed by atoms with Gasteiger partial charge in [0.15, 0.2) is 0 Å². The molecule has 2 aromatic heterocycles. The van der Waals surface area contributed by atoms with E-state index in [2.05, 4.69) is 31.4 Å². The summed E-state index contributed by atoms with van der Waals surface area (Å²) in [6.07, 6.45) is 0. The molecule has 6 nitrogen and oxygen atoms in total. The van der Waals surface area contributed by atoms with E-state index in [0.717, 1.165) is 9.35 Å². The normalized spacial score (nSPS) is 10.6. The Hall–Kier alpha value is -1.25. The van der Waals surface area contributed by atoms with Gasteiger partial charge in [-0.2, -0.15) is 4.98 Å². The Kier molecular flexibility index (Phi) is 3.87. The molecule has 0 fully saturated rings. The number of thiophene rings is 1. The minimum Gasteiger partial charge on any atom is -0.369 e. The number of nitrogens with one attached hydrogen (secondary N) is 1. The lowest BCUT2D eigenvalue weighted by Crippen LogP contribution is -2.28. The maximum absolute atomic E-state index is 10.5. The highest BCUT2D eigenvalue weighted by atomic mass is 79.9. The molecule has 8 heteroatoms. The van der Waals surface area contributed by atoms with Gasteiger partial charge in [0.1, 0.15) is 0 Å². The molecular weight excluding hydrogens is 308 g/mol. The van der Waals surface area contributed by atoms with Crippen LogP contribution in [0.3, 0.4) is 0 Å². The first kappa shape index (κ1) is 12.2. The third-order valence-electron chi connectivity index (χ3n) is 1.83. The Morgan fingerprint density at radius 2 is 2.47 bits per heavy atom. The number of aromatic nitrogens is 2. The fraction of sp³-hybridized carbons (Fsp3) is 0.222. The van der Waals surface area contributed by atoms with Gasteiger partial charge in [0.2, 0.25) is 17.6 Å². The minimum absolute atomic E-state index is 0.0856. The van der Waals surface area contributed by atoms with E-state index in [1.165, 1.54) is 11.3 Å². The Bertz CT molecular complexity index is 525. The summed E-state index contributed by atoms with van der Waals surface area (Å²) in [5.74, 6) is 0.536. The van der Waals surface area contributed by atoms with Crippen molar-refractivity contribution in [3.8, 4) is 10.7 Å². The smallest absolute Gasteiger partial charge is 0.240 e. The van der Waals surface area contributed by atoms with Crippen LogP contribution in [0.2, 0.25) is 0 Å². The fourth-order valence-electron chi connectivity index (χ4n) is 1.15. The molecule has 2 heterocycles. The number of rotatable bonds is 5. The third-order valence-corrected chi connectivity index (χ3v) is 3.52. The molecule has 17 heavy (non-hydrogen) atoms. The SMILES string of the molecule is NC(=O)CNCc1nc(-c2cc(Br)cs2)no1. The second kappa shape index (κ2) is 5.39. The van der Waals surface area contributed by atoms with Crippen molar-refractivity contribution in [1.82, 2.24) is 15.5 Å². The number of nitrogens with two attached hydrogens (primary N) is 1. The Morgan fingerprint density at radius 1 is 1.65 bits per heavy atom. The number of primary amides is 1. The zero-order valence-electron chi connectivity index (χ0n) is 8.64. The predicted octanol–water partition coefficient (Wildman–Crippen LogP) is 1.14. The third kappa shape index (κ3) is 3.35. The highest BCUT2D eigenvalue weighted by Gasteiger charge is 2.10. The first-order chi connectivity index (χ1) is 8.15. The average molecular weight is 317 g/mol. The molecule has 0 saturated carbocycles. The van der Waals surface area contributed by atoms with Crippen LogP contribution in [0.5, 0.6) is 0 Å². The van der Waals surface area contributed by atoms with Crippen LogP contribution < -0.4 is 11.1 Å². The number of halogens is 1. The summed E-state index contributed by atoms with van der Waals surface area (Å²) in [5.41, 5.74) is 4.98. The van der Waals surface area contributed by atoms with Gasteiger partial charge in [-0.05, 0) is 22.0 Å². The van der Waals surface area contributed by atoms with Crippen LogP contribution in [-0.2, 0) is 11.3 Å². The Balaban J connectivity index is 1.98. The van der Waals surface area contributed by atoms with E-state index >= 15 is 0 Å². The van der Waals surface area contributed by atoms with E-state index in [-0.39, 0.29) is 6.54 Å². The number of carbonyl (C=O) groups excluding carboxylic acids is 1. The van der Waals surface area contributed by atoms with Gasteiger partial charge in [-0.1, -0.05) is 5.16 Å². The molecule has 0 radical (unpaired) electrons. The molecule has 0 saturated heterocycles. The van der Waals surface area contributed by atoms with Crippen LogP contribution >= 0.6 is 27.3 Å². The van der Waals surface area contributed by atoms with Crippen LogP contribution in [0.4, 0.5) is 0 Å². The molecule has 0 aliphatic heterocycles. The van der Waals surface area contributed by atoms with Crippen LogP contribution in [0.1, 0.15) is 5.89 Å². The molecule has 2 rings (SSSR count). The summed E-state index contributed by atoms with van der Waals surface area (Å²) in [7, 11) is 0. The largest absolute Gasteiger partial charge is 0.369 e. The molecule has 0 aliphatic rings. The van der Waals surface area contributed by atoms with Gasteiger partial charge in [-0.3, -0.25) is 10.1 Å². The molecular formula is C9H9BrN4O2S. The lowest BCUT2D eigenvalue weighted by atomic mass is 10.4. The lowest BCUT2D eigenvalue weighted by Gasteiger charge is -1.95. The zero-order valence-corrected chi connectivity index (χ0v) is 11.0. The van der Waals surface area contributed by atoms with Crippen molar-refractivity contribution in [3.63, 3.8) is 0 Å². The van der Waals surface area contributed by atoms with E-state index < -0.39 is 5.91 Å². The maximum atomic E-state index is 10.5. The van der Waals surface area contributed by atoms with Crippen molar-refractivity contribution in [1.29, 1.82) is 0 Å². The summed E-state index contributed by atoms with van der Waals surface area (Å²) in [4.78, 5) is 15.6. The van der Waals surface area contributed by atoms with E-state index in [4.69, 9.17) is 10.3 Å². The van der Waals surface area contributed by atoms with E-state index in [1.807, 2.05) is 11.4 Å². The highest BCUT2D eigenvalue weighted by molar-refractivity contribution is 9.10. The molecule has 0 atom stereocenters. The lowest BCUT2D eigenvalue weighted by molar-refractivity contribution is -0.117. The second-order valence-corrected chi connectivity index (χ2v) is 5.04. The number of carbonyl (C=O) groups is 1. The van der Waals surface area contributed by atoms with Crippen molar-refractivity contribution in [2.45, 2.75) is 6.54 Å². The standard InChI is InChI=1S/C9H9BrN4O2S/c10-5-1-6(17-4-5)9-13-8(16-14-9)3-12-2-7(11)15/h1,4,12H,2-3H2,(H2,11,15). The molecule has 90 valence electrons. The molecule has 0 unspecified atom stereocenters. The van der Waals surface area contributed by atoms with Crippen LogP contribution in [0.25, 0.3) is 10.7 Å². The van der Waals surface area contributed by atoms with E-state index in [0.29, 0.717) is 18.3 Å². The van der Waals surface area contributed by atoms with Crippen LogP contribution in [-0.4, -0.2) is 22.6 Å². The summed E-state index contributed by atoms with van der Waals surface area (Å²) in [6, 6.07) is 1.91. The summed E-state index contributed by atoms with van der Waals surface area (Å²) in [6.45, 7) is 0.407. The summed E-state index contributed by atoms with van der Waals surface area (Å²) in [5, 5.41) is 8.58. The van der Waals surface area contributed by atoms with Gasteiger partial charge < -0.3 is 10.3 Å². The number of hydrogen-bond acceptors (Lipinski definition) is 6. The molecule has 0 bridgehead atoms. The van der Waals surface area contributed by atoms with Gasteiger partial charge in [-0.25, -0.2) is 0 Å². The first-order valence-corrected chi connectivity index (χ1v) is 6.38. The van der Waals surface area contributed by atoms with Gasteiger partial charge in [-0.15, -0.1) is 11.3 Å². The average Bonchev–Trinajstić information content (AvgIpc) is 2.86. The Labute approximate surface area is 109 Å². The summed E-state index contributed by atoms with van der Waals surface area (Å²) >= 11 is 4.87. The van der Waals surface area contributed by atoms with Gasteiger partial charge in [0, 0.05) is 9.85 Å². The maximum Gasteiger partial charge on any atom is 0.240 e. The number of hydrogen-bond donors (Lipinski definition) is 2. The molecule has 2 aromatic rings. The predicted molar refractivity (Wildman–Crippen MR) is 66.2 cm³/mol. The van der Waals surface area contributed by atoms with Crippen molar-refractivity contribution < 1.29 is 9.32 Å². The molecule has 0 aromatic carbocycles. The topological polar surface area (TPSA) is 94.0 Å². The number of nitrogens with zero attached hydrogens (tertiary/aromatic N) is 2. The molecule has 1 amide bonds. The summed E-state index contributed by atoms with van der Waals surface area (Å²) < 4.78 is 6.01. The van der Waals surface area contributed by atoms with Gasteiger partial charge in [0.25, 0.3) is 0 Å². The second-order valence-electron chi connectivity index (χ2n) is 3.21. The highest BCUT2D eigenvalue weighted by Crippen LogP contribution is 2.27. The fourth-order valence-corrected chi connectivity index (χ4v) is 2.50. The zero-order chi connectivity index (χ0) is 12.3. The first-order valence-electron chi connectivity index (χ1n) is 4.71. The molecule has 0 aliphatic carbocycles. The Morgan fingerprint density at radius 3 is 3.12 bits per heavy atom. The van der Waals surface area contributed by atoms with Crippen LogP contribution in [0.15, 0.2) is 20.4 Å². The molecule has 3 N–H and O–H groups in total. The molecule has 0 spiro atoms. The van der Waals surface area contributed by atoms with Gasteiger partial charge in [0.05, 0.1) is 18.0 Å². The van der Waals surface area contributed by atoms with Crippen molar-refractivity contribution >= 4 is 33.2 Å². The quantitative estimate of drug-likeness (QED) is 0.862. The van der Waals surface area contributed by atoms with Crippen molar-refractivity contribution in [2.75, 3.05) is 6.54 Å². The van der Waals surface area contributed by atoms with E-state index in [1.54, 1.807) is 0 Å². The monoisotopic (exact) mass is 316 g/mol. The number of amides is 1. The van der Waals surface area contributed by atoms with Crippen LogP contribution in [0, 0.1) is 0 Å². The van der Waals surface area contributed by atoms with Crippen molar-refractivity contribution in [3.05, 3.63) is 21.8 Å². The van der Waals surface area contributed by atoms with E-state index in [9.17, 15) is 4.79 Å². The van der Waals surface area contributed by atoms with Gasteiger partial charge >= 0.3 is 0 Å². The van der Waals surface area contributed by atoms with Crippen molar-refractivity contribution in [2.24, 2.45) is 5.73 Å².